The number of fused-ring (bicyclic) bond motifs is 1. The molecular formula is C16H15ClFN3. The normalized spacial score (nSPS) is 12.8. The summed E-state index contributed by atoms with van der Waals surface area (Å²) in [5, 5.41) is 0.0511. The molecule has 1 aromatic heterocycles. The first kappa shape index (κ1) is 13.9. The van der Waals surface area contributed by atoms with Crippen LogP contribution in [0.3, 0.4) is 0 Å². The van der Waals surface area contributed by atoms with Crippen molar-refractivity contribution in [2.75, 3.05) is 5.73 Å². The number of aryl methyl sites for hydroxylation is 1. The van der Waals surface area contributed by atoms with Gasteiger partial charge in [-0.15, -0.1) is 0 Å². The van der Waals surface area contributed by atoms with Crippen molar-refractivity contribution in [2.45, 2.75) is 19.9 Å². The predicted octanol–water partition coefficient (Wildman–Crippen LogP) is 4.33. The van der Waals surface area contributed by atoms with E-state index in [2.05, 4.69) is 4.98 Å². The fourth-order valence-corrected chi connectivity index (χ4v) is 2.67. The van der Waals surface area contributed by atoms with Gasteiger partial charge in [0.15, 0.2) is 0 Å². The Balaban J connectivity index is 2.17. The summed E-state index contributed by atoms with van der Waals surface area (Å²) in [7, 11) is 0. The second kappa shape index (κ2) is 5.04. The number of anilines is 1. The second-order valence-electron chi connectivity index (χ2n) is 5.18. The molecule has 3 aromatic rings. The van der Waals surface area contributed by atoms with Gasteiger partial charge in [0.1, 0.15) is 5.82 Å². The summed E-state index contributed by atoms with van der Waals surface area (Å²) < 4.78 is 15.6. The lowest BCUT2D eigenvalue weighted by atomic mass is 10.1. The molecule has 1 heterocycles. The number of nitrogens with zero attached hydrogens (tertiary/aromatic N) is 2. The second-order valence-corrected chi connectivity index (χ2v) is 5.59. The fraction of sp³-hybridized carbons (Fsp3) is 0.188. The fourth-order valence-electron chi connectivity index (χ4n) is 2.51. The molecular weight excluding hydrogens is 289 g/mol. The van der Waals surface area contributed by atoms with Crippen LogP contribution in [0.5, 0.6) is 0 Å². The van der Waals surface area contributed by atoms with Crippen LogP contribution in [0.25, 0.3) is 11.0 Å². The summed E-state index contributed by atoms with van der Waals surface area (Å²) in [4.78, 5) is 4.27. The van der Waals surface area contributed by atoms with Crippen LogP contribution in [0.2, 0.25) is 5.02 Å². The Morgan fingerprint density at radius 3 is 2.57 bits per heavy atom. The average Bonchev–Trinajstić information content (AvgIpc) is 2.75. The number of benzene rings is 2. The van der Waals surface area contributed by atoms with Gasteiger partial charge in [0.25, 0.3) is 0 Å². The molecule has 1 unspecified atom stereocenters. The van der Waals surface area contributed by atoms with Crippen LogP contribution in [0.1, 0.15) is 24.1 Å². The van der Waals surface area contributed by atoms with Crippen LogP contribution in [-0.4, -0.2) is 9.55 Å². The molecule has 0 spiro atoms. The Bertz CT molecular complexity index is 808. The van der Waals surface area contributed by atoms with E-state index in [1.54, 1.807) is 0 Å². The van der Waals surface area contributed by atoms with Crippen molar-refractivity contribution in [3.8, 4) is 0 Å². The molecule has 0 amide bonds. The van der Waals surface area contributed by atoms with Gasteiger partial charge in [-0.2, -0.15) is 0 Å². The first-order valence-corrected chi connectivity index (χ1v) is 7.04. The number of hydrogen-bond acceptors (Lipinski definition) is 2. The summed E-state index contributed by atoms with van der Waals surface area (Å²) in [5.74, 6) is -0.124. The largest absolute Gasteiger partial charge is 0.369 e. The van der Waals surface area contributed by atoms with Gasteiger partial charge in [0.2, 0.25) is 5.95 Å². The van der Waals surface area contributed by atoms with Crippen LogP contribution in [0, 0.1) is 12.7 Å². The van der Waals surface area contributed by atoms with Crippen LogP contribution in [0.15, 0.2) is 36.4 Å². The van der Waals surface area contributed by atoms with E-state index < -0.39 is 5.82 Å². The highest BCUT2D eigenvalue weighted by Crippen LogP contribution is 2.30. The van der Waals surface area contributed by atoms with E-state index in [9.17, 15) is 4.39 Å². The monoisotopic (exact) mass is 303 g/mol. The smallest absolute Gasteiger partial charge is 0.201 e. The molecule has 3 rings (SSSR count). The van der Waals surface area contributed by atoms with Gasteiger partial charge in [-0.3, -0.25) is 0 Å². The van der Waals surface area contributed by atoms with Gasteiger partial charge in [-0.25, -0.2) is 9.37 Å². The lowest BCUT2D eigenvalue weighted by molar-refractivity contribution is 0.625. The van der Waals surface area contributed by atoms with E-state index in [1.807, 2.05) is 42.7 Å². The number of imidazole rings is 1. The molecule has 0 aliphatic heterocycles. The van der Waals surface area contributed by atoms with E-state index in [1.165, 1.54) is 17.7 Å². The third kappa shape index (κ3) is 2.36. The highest BCUT2D eigenvalue weighted by molar-refractivity contribution is 6.31. The molecule has 2 aromatic carbocycles. The molecule has 3 nitrogen and oxygen atoms in total. The van der Waals surface area contributed by atoms with Gasteiger partial charge in [0, 0.05) is 6.07 Å². The Morgan fingerprint density at radius 1 is 1.24 bits per heavy atom. The van der Waals surface area contributed by atoms with Crippen LogP contribution < -0.4 is 5.73 Å². The van der Waals surface area contributed by atoms with Gasteiger partial charge in [-0.1, -0.05) is 41.4 Å². The van der Waals surface area contributed by atoms with Crippen molar-refractivity contribution < 1.29 is 4.39 Å². The predicted molar refractivity (Wildman–Crippen MR) is 84.1 cm³/mol. The number of nitrogen functional groups attached to an aromatic ring is 1. The Kier molecular flexibility index (Phi) is 3.33. The van der Waals surface area contributed by atoms with Gasteiger partial charge in [0.05, 0.1) is 22.1 Å². The average molecular weight is 304 g/mol. The van der Waals surface area contributed by atoms with Crippen LogP contribution in [-0.2, 0) is 0 Å². The lowest BCUT2D eigenvalue weighted by Gasteiger charge is -2.17. The summed E-state index contributed by atoms with van der Waals surface area (Å²) in [6.07, 6.45) is 0. The van der Waals surface area contributed by atoms with Gasteiger partial charge >= 0.3 is 0 Å². The number of hydrogen-bond donors (Lipinski definition) is 1. The number of aromatic nitrogens is 2. The van der Waals surface area contributed by atoms with E-state index >= 15 is 0 Å². The minimum atomic E-state index is -0.471. The minimum Gasteiger partial charge on any atom is -0.369 e. The maximum atomic E-state index is 13.7. The molecule has 0 aliphatic rings. The number of rotatable bonds is 2. The van der Waals surface area contributed by atoms with E-state index in [4.69, 9.17) is 17.3 Å². The maximum Gasteiger partial charge on any atom is 0.201 e. The van der Waals surface area contributed by atoms with E-state index in [0.29, 0.717) is 17.0 Å². The lowest BCUT2D eigenvalue weighted by Crippen LogP contribution is -2.10. The molecule has 5 heteroatoms. The standard InChI is InChI=1S/C16H15ClFN3/c1-9-3-5-11(6-4-9)10(2)21-15-8-13(18)12(17)7-14(15)20-16(21)19/h3-8,10H,1-2H3,(H2,19,20). The third-order valence-corrected chi connectivity index (χ3v) is 4.00. The molecule has 0 aliphatic carbocycles. The Hall–Kier alpha value is -2.07. The van der Waals surface area contributed by atoms with Crippen molar-refractivity contribution in [1.29, 1.82) is 0 Å². The molecule has 0 saturated carbocycles. The first-order chi connectivity index (χ1) is 9.97. The van der Waals surface area contributed by atoms with Gasteiger partial charge in [-0.05, 0) is 25.5 Å². The summed E-state index contributed by atoms with van der Waals surface area (Å²) >= 11 is 5.80. The van der Waals surface area contributed by atoms with Crippen molar-refractivity contribution in [3.05, 3.63) is 58.4 Å². The van der Waals surface area contributed by atoms with E-state index in [-0.39, 0.29) is 11.1 Å². The van der Waals surface area contributed by atoms with Crippen LogP contribution >= 0.6 is 11.6 Å². The van der Waals surface area contributed by atoms with Crippen molar-refractivity contribution >= 4 is 28.6 Å². The molecule has 0 radical (unpaired) electrons. The molecule has 0 bridgehead atoms. The quantitative estimate of drug-likeness (QED) is 0.766. The summed E-state index contributed by atoms with van der Waals surface area (Å²) in [6.45, 7) is 4.04. The van der Waals surface area contributed by atoms with Gasteiger partial charge < -0.3 is 10.3 Å². The molecule has 108 valence electrons. The van der Waals surface area contributed by atoms with Crippen LogP contribution in [0.4, 0.5) is 10.3 Å². The molecule has 0 fully saturated rings. The molecule has 1 atom stereocenters. The Morgan fingerprint density at radius 2 is 1.90 bits per heavy atom. The zero-order chi connectivity index (χ0) is 15.1. The van der Waals surface area contributed by atoms with E-state index in [0.717, 1.165) is 5.56 Å². The number of nitrogens with two attached hydrogens (primary N) is 1. The minimum absolute atomic E-state index is 0.0452. The highest BCUT2D eigenvalue weighted by atomic mass is 35.5. The zero-order valence-corrected chi connectivity index (χ0v) is 12.5. The number of halogens is 2. The van der Waals surface area contributed by atoms with Crippen molar-refractivity contribution in [2.24, 2.45) is 0 Å². The zero-order valence-electron chi connectivity index (χ0n) is 11.8. The highest BCUT2D eigenvalue weighted by Gasteiger charge is 2.17. The molecule has 21 heavy (non-hydrogen) atoms. The van der Waals surface area contributed by atoms with Crippen molar-refractivity contribution in [1.82, 2.24) is 9.55 Å². The topological polar surface area (TPSA) is 43.8 Å². The molecule has 2 N–H and O–H groups in total. The van der Waals surface area contributed by atoms with Crippen molar-refractivity contribution in [3.63, 3.8) is 0 Å². The summed E-state index contributed by atoms with van der Waals surface area (Å²) in [5.41, 5.74) is 9.52. The summed E-state index contributed by atoms with van der Waals surface area (Å²) in [6, 6.07) is 11.0. The molecule has 0 saturated heterocycles. The SMILES string of the molecule is Cc1ccc(C(C)n2c(N)nc3cc(Cl)c(F)cc32)cc1. The Labute approximate surface area is 127 Å². The third-order valence-electron chi connectivity index (χ3n) is 3.71. The first-order valence-electron chi connectivity index (χ1n) is 6.66. The maximum absolute atomic E-state index is 13.7.